The van der Waals surface area contributed by atoms with Crippen LogP contribution in [0.2, 0.25) is 0 Å². The maximum Gasteiger partial charge on any atom is 0.216 e. The molecule has 0 bridgehead atoms. The first-order valence-electron chi connectivity index (χ1n) is 6.11. The molecule has 0 aromatic rings. The van der Waals surface area contributed by atoms with Gasteiger partial charge in [-0.05, 0) is 39.7 Å². The molecule has 2 N–H and O–H groups in total. The van der Waals surface area contributed by atoms with E-state index < -0.39 is 10.0 Å². The molecule has 0 aliphatic carbocycles. The standard InChI is InChI=1S/C11H24N2O2S/c1-4-7-11(2,3)13-16(14,15)10-6-5-8-12-9-10/h10,12-13H,4-9H2,1-3H3. The second-order valence-corrected chi connectivity index (χ2v) is 7.21. The summed E-state index contributed by atoms with van der Waals surface area (Å²) >= 11 is 0. The molecule has 4 nitrogen and oxygen atoms in total. The number of piperidine rings is 1. The van der Waals surface area contributed by atoms with Gasteiger partial charge in [0, 0.05) is 12.1 Å². The summed E-state index contributed by atoms with van der Waals surface area (Å²) in [6.45, 7) is 7.48. The minimum Gasteiger partial charge on any atom is -0.315 e. The Morgan fingerprint density at radius 2 is 2.12 bits per heavy atom. The Hall–Kier alpha value is -0.130. The smallest absolute Gasteiger partial charge is 0.216 e. The average molecular weight is 248 g/mol. The highest BCUT2D eigenvalue weighted by molar-refractivity contribution is 7.90. The third-order valence-electron chi connectivity index (χ3n) is 2.98. The van der Waals surface area contributed by atoms with Gasteiger partial charge in [0.2, 0.25) is 10.0 Å². The van der Waals surface area contributed by atoms with Crippen LogP contribution in [0.1, 0.15) is 46.5 Å². The molecular weight excluding hydrogens is 224 g/mol. The van der Waals surface area contributed by atoms with Gasteiger partial charge in [0.25, 0.3) is 0 Å². The van der Waals surface area contributed by atoms with Crippen LogP contribution in [0.3, 0.4) is 0 Å². The van der Waals surface area contributed by atoms with Crippen molar-refractivity contribution in [1.82, 2.24) is 10.0 Å². The third-order valence-corrected chi connectivity index (χ3v) is 5.10. The molecule has 5 heteroatoms. The summed E-state index contributed by atoms with van der Waals surface area (Å²) in [7, 11) is -3.18. The van der Waals surface area contributed by atoms with Crippen molar-refractivity contribution in [3.8, 4) is 0 Å². The van der Waals surface area contributed by atoms with E-state index in [-0.39, 0.29) is 10.8 Å². The summed E-state index contributed by atoms with van der Waals surface area (Å²) in [5, 5.41) is 2.87. The molecule has 1 aliphatic heterocycles. The molecule has 1 fully saturated rings. The van der Waals surface area contributed by atoms with Crippen LogP contribution in [-0.2, 0) is 10.0 Å². The Morgan fingerprint density at radius 1 is 1.44 bits per heavy atom. The molecule has 0 saturated carbocycles. The zero-order chi connectivity index (χ0) is 12.2. The highest BCUT2D eigenvalue weighted by atomic mass is 32.2. The van der Waals surface area contributed by atoms with E-state index >= 15 is 0 Å². The molecule has 0 aromatic heterocycles. The highest BCUT2D eigenvalue weighted by Gasteiger charge is 2.31. The van der Waals surface area contributed by atoms with Crippen LogP contribution in [0.5, 0.6) is 0 Å². The Balaban J connectivity index is 2.63. The van der Waals surface area contributed by atoms with E-state index in [0.717, 1.165) is 32.2 Å². The molecule has 0 amide bonds. The fraction of sp³-hybridized carbons (Fsp3) is 1.00. The largest absolute Gasteiger partial charge is 0.315 e. The molecule has 0 spiro atoms. The van der Waals surface area contributed by atoms with Crippen LogP contribution in [0.25, 0.3) is 0 Å². The predicted octanol–water partition coefficient (Wildman–Crippen LogP) is 1.24. The Kier molecular flexibility index (Phi) is 4.76. The van der Waals surface area contributed by atoms with Crippen LogP contribution in [0.15, 0.2) is 0 Å². The predicted molar refractivity (Wildman–Crippen MR) is 66.9 cm³/mol. The first kappa shape index (κ1) is 13.9. The zero-order valence-electron chi connectivity index (χ0n) is 10.5. The van der Waals surface area contributed by atoms with E-state index in [2.05, 4.69) is 17.0 Å². The minimum absolute atomic E-state index is 0.266. The van der Waals surface area contributed by atoms with Crippen molar-refractivity contribution >= 4 is 10.0 Å². The molecule has 1 rings (SSSR count). The summed E-state index contributed by atoms with van der Waals surface area (Å²) in [5.74, 6) is 0. The van der Waals surface area contributed by atoms with Gasteiger partial charge in [0.15, 0.2) is 0 Å². The van der Waals surface area contributed by atoms with E-state index in [0.29, 0.717) is 6.54 Å². The maximum absolute atomic E-state index is 12.1. The molecule has 1 unspecified atom stereocenters. The molecule has 0 radical (unpaired) electrons. The summed E-state index contributed by atoms with van der Waals surface area (Å²) in [6.07, 6.45) is 3.56. The normalized spacial score (nSPS) is 23.3. The first-order chi connectivity index (χ1) is 7.37. The lowest BCUT2D eigenvalue weighted by molar-refractivity contribution is 0.407. The number of hydrogen-bond donors (Lipinski definition) is 2. The van der Waals surface area contributed by atoms with E-state index in [1.807, 2.05) is 13.8 Å². The number of rotatable bonds is 5. The molecule has 16 heavy (non-hydrogen) atoms. The average Bonchev–Trinajstić information content (AvgIpc) is 2.17. The summed E-state index contributed by atoms with van der Waals surface area (Å²) in [4.78, 5) is 0. The van der Waals surface area contributed by atoms with Crippen molar-refractivity contribution in [2.24, 2.45) is 0 Å². The molecule has 1 aliphatic rings. The summed E-state index contributed by atoms with van der Waals surface area (Å²) in [5.41, 5.74) is -0.328. The van der Waals surface area contributed by atoms with Crippen molar-refractivity contribution in [2.75, 3.05) is 13.1 Å². The third kappa shape index (κ3) is 4.03. The van der Waals surface area contributed by atoms with Crippen molar-refractivity contribution in [2.45, 2.75) is 57.2 Å². The van der Waals surface area contributed by atoms with E-state index in [1.165, 1.54) is 0 Å². The van der Waals surface area contributed by atoms with Gasteiger partial charge in [-0.25, -0.2) is 13.1 Å². The Labute approximate surface area is 99.2 Å². The SMILES string of the molecule is CCCC(C)(C)NS(=O)(=O)C1CCCNC1. The molecule has 96 valence electrons. The lowest BCUT2D eigenvalue weighted by Crippen LogP contribution is -2.51. The maximum atomic E-state index is 12.1. The molecular formula is C11H24N2O2S. The number of nitrogens with one attached hydrogen (secondary N) is 2. The minimum atomic E-state index is -3.18. The summed E-state index contributed by atoms with van der Waals surface area (Å²) in [6, 6.07) is 0. The highest BCUT2D eigenvalue weighted by Crippen LogP contribution is 2.17. The van der Waals surface area contributed by atoms with Gasteiger partial charge >= 0.3 is 0 Å². The quantitative estimate of drug-likeness (QED) is 0.769. The van der Waals surface area contributed by atoms with E-state index in [4.69, 9.17) is 0 Å². The first-order valence-corrected chi connectivity index (χ1v) is 7.65. The van der Waals surface area contributed by atoms with Crippen LogP contribution in [0.4, 0.5) is 0 Å². The second kappa shape index (κ2) is 5.47. The van der Waals surface area contributed by atoms with Crippen molar-refractivity contribution in [3.63, 3.8) is 0 Å². The molecule has 0 aromatic carbocycles. The van der Waals surface area contributed by atoms with Crippen molar-refractivity contribution in [3.05, 3.63) is 0 Å². The number of hydrogen-bond acceptors (Lipinski definition) is 3. The monoisotopic (exact) mass is 248 g/mol. The zero-order valence-corrected chi connectivity index (χ0v) is 11.4. The van der Waals surface area contributed by atoms with Gasteiger partial charge in [0.1, 0.15) is 0 Å². The van der Waals surface area contributed by atoms with Gasteiger partial charge in [-0.15, -0.1) is 0 Å². The van der Waals surface area contributed by atoms with Gasteiger partial charge in [-0.1, -0.05) is 13.3 Å². The Bertz CT molecular complexity index is 306. The lowest BCUT2D eigenvalue weighted by atomic mass is 10.0. The van der Waals surface area contributed by atoms with Gasteiger partial charge in [-0.3, -0.25) is 0 Å². The lowest BCUT2D eigenvalue weighted by Gasteiger charge is -2.30. The van der Waals surface area contributed by atoms with Crippen LogP contribution < -0.4 is 10.0 Å². The fourth-order valence-electron chi connectivity index (χ4n) is 2.23. The van der Waals surface area contributed by atoms with Crippen LogP contribution in [-0.4, -0.2) is 32.3 Å². The van der Waals surface area contributed by atoms with Crippen molar-refractivity contribution in [1.29, 1.82) is 0 Å². The van der Waals surface area contributed by atoms with E-state index in [1.54, 1.807) is 0 Å². The van der Waals surface area contributed by atoms with Crippen LogP contribution in [0, 0.1) is 0 Å². The second-order valence-electron chi connectivity index (χ2n) is 5.25. The van der Waals surface area contributed by atoms with Gasteiger partial charge in [0.05, 0.1) is 5.25 Å². The number of sulfonamides is 1. The van der Waals surface area contributed by atoms with Gasteiger partial charge in [-0.2, -0.15) is 0 Å². The topological polar surface area (TPSA) is 58.2 Å². The fourth-order valence-corrected chi connectivity index (χ4v) is 4.08. The van der Waals surface area contributed by atoms with Crippen LogP contribution >= 0.6 is 0 Å². The molecule has 1 saturated heterocycles. The Morgan fingerprint density at radius 3 is 2.62 bits per heavy atom. The summed E-state index contributed by atoms with van der Waals surface area (Å²) < 4.78 is 27.1. The molecule has 1 atom stereocenters. The van der Waals surface area contributed by atoms with E-state index in [9.17, 15) is 8.42 Å². The molecule has 1 heterocycles. The van der Waals surface area contributed by atoms with Gasteiger partial charge < -0.3 is 5.32 Å². The van der Waals surface area contributed by atoms with Crippen molar-refractivity contribution < 1.29 is 8.42 Å².